The number of para-hydroxylation sites is 1. The van der Waals surface area contributed by atoms with Crippen LogP contribution >= 0.6 is 0 Å². The fraction of sp³-hybridized carbons (Fsp3) is 0.295. The topological polar surface area (TPSA) is 209 Å². The molecule has 58 heavy (non-hydrogen) atoms. The Morgan fingerprint density at radius 2 is 1.22 bits per heavy atom. The van der Waals surface area contributed by atoms with Crippen LogP contribution in [-0.4, -0.2) is 76.0 Å². The summed E-state index contributed by atoms with van der Waals surface area (Å²) in [6.07, 6.45) is 1.56. The third-order valence-corrected chi connectivity index (χ3v) is 8.81. The molecule has 0 radical (unpaired) electrons. The van der Waals surface area contributed by atoms with E-state index in [0.717, 1.165) is 17.7 Å². The second-order valence-electron chi connectivity index (χ2n) is 14.5. The van der Waals surface area contributed by atoms with Crippen LogP contribution in [-0.2, 0) is 36.8 Å². The molecule has 0 aliphatic rings. The number of carbonyl (C=O) groups is 7. The van der Waals surface area contributed by atoms with Gasteiger partial charge in [-0.15, -0.1) is 0 Å². The number of anilines is 2. The minimum absolute atomic E-state index is 0.0182. The molecule has 0 aromatic heterocycles. The maximum atomic E-state index is 14.1. The molecule has 0 saturated heterocycles. The Morgan fingerprint density at radius 3 is 1.79 bits per heavy atom. The third-order valence-electron chi connectivity index (χ3n) is 8.81. The molecule has 0 bridgehead atoms. The number of ketones is 1. The number of nitrogens with zero attached hydrogens (tertiary/aromatic N) is 1. The first-order chi connectivity index (χ1) is 27.6. The first-order valence-corrected chi connectivity index (χ1v) is 18.8. The predicted molar refractivity (Wildman–Crippen MR) is 216 cm³/mol. The largest absolute Gasteiger partial charge is 0.478 e. The molecule has 4 amide bonds. The number of aliphatic carboxylic acids is 1. The molecule has 4 rings (SSSR count). The van der Waals surface area contributed by atoms with Crippen molar-refractivity contribution in [3.05, 3.63) is 131 Å². The summed E-state index contributed by atoms with van der Waals surface area (Å²) in [6, 6.07) is 24.4. The van der Waals surface area contributed by atoms with Gasteiger partial charge < -0.3 is 30.9 Å². The second kappa shape index (κ2) is 20.4. The van der Waals surface area contributed by atoms with Gasteiger partial charge in [0.1, 0.15) is 17.7 Å². The summed E-state index contributed by atoms with van der Waals surface area (Å²) in [5.41, 5.74) is 0.781. The lowest BCUT2D eigenvalue weighted by Crippen LogP contribution is -2.55. The summed E-state index contributed by atoms with van der Waals surface area (Å²) in [6.45, 7) is 7.40. The Bertz CT molecular complexity index is 2100. The molecule has 5 N–H and O–H groups in total. The third kappa shape index (κ3) is 12.6. The summed E-state index contributed by atoms with van der Waals surface area (Å²) in [4.78, 5) is 91.1. The summed E-state index contributed by atoms with van der Waals surface area (Å²) in [5.74, 6) is -5.93. The van der Waals surface area contributed by atoms with Crippen LogP contribution in [0.25, 0.3) is 0 Å². The molecule has 0 aliphatic heterocycles. The lowest BCUT2D eigenvalue weighted by Gasteiger charge is -2.26. The number of ether oxygens (including phenoxy) is 1. The standard InChI is InChI=1S/C44H48N4O10/c1-5-6-12-25-45-38(50)34(26-29-19-23-32(24-20-29)48(40(52)42(55)56)36-16-11-10-15-33(36)41(53)54)46-39(51)35(47-43(57)58-44(2,3)4)27-28-17-21-31(22-18-28)37(49)30-13-8-7-9-14-30/h7-11,13-24,34-35H,5-6,12,25-27H2,1-4H3,(H,45,50)(H,46,51)(H,47,57)(H,53,54)(H,55,56). The summed E-state index contributed by atoms with van der Waals surface area (Å²) in [5, 5.41) is 27.6. The van der Waals surface area contributed by atoms with E-state index < -0.39 is 53.4 Å². The number of carbonyl (C=O) groups excluding carboxylic acids is 5. The molecule has 4 aromatic rings. The maximum absolute atomic E-state index is 14.1. The zero-order valence-electron chi connectivity index (χ0n) is 32.8. The quantitative estimate of drug-likeness (QED) is 0.0491. The van der Waals surface area contributed by atoms with Crippen LogP contribution in [0.5, 0.6) is 0 Å². The molecule has 0 fully saturated rings. The number of carboxylic acid groups (broad SMARTS) is 2. The van der Waals surface area contributed by atoms with E-state index in [2.05, 4.69) is 16.0 Å². The van der Waals surface area contributed by atoms with Gasteiger partial charge in [-0.3, -0.25) is 24.1 Å². The molecular weight excluding hydrogens is 745 g/mol. The highest BCUT2D eigenvalue weighted by atomic mass is 16.6. The normalized spacial score (nSPS) is 12.0. The predicted octanol–water partition coefficient (Wildman–Crippen LogP) is 5.83. The van der Waals surface area contributed by atoms with Crippen LogP contribution in [0.15, 0.2) is 103 Å². The number of hydrogen-bond acceptors (Lipinski definition) is 8. The first kappa shape index (κ1) is 43.9. The maximum Gasteiger partial charge on any atom is 0.408 e. The van der Waals surface area contributed by atoms with Crippen LogP contribution < -0.4 is 20.9 Å². The van der Waals surface area contributed by atoms with Crippen molar-refractivity contribution in [2.45, 2.75) is 77.5 Å². The smallest absolute Gasteiger partial charge is 0.408 e. The summed E-state index contributed by atoms with van der Waals surface area (Å²) < 4.78 is 5.44. The van der Waals surface area contributed by atoms with Gasteiger partial charge in [0.15, 0.2) is 5.78 Å². The number of aromatic carboxylic acids is 1. The van der Waals surface area contributed by atoms with Crippen LogP contribution in [0, 0.1) is 0 Å². The Balaban J connectivity index is 1.62. The van der Waals surface area contributed by atoms with Crippen LogP contribution in [0.2, 0.25) is 0 Å². The zero-order chi connectivity index (χ0) is 42.4. The van der Waals surface area contributed by atoms with Crippen molar-refractivity contribution in [3.8, 4) is 0 Å². The van der Waals surface area contributed by atoms with Crippen molar-refractivity contribution >= 4 is 52.9 Å². The van der Waals surface area contributed by atoms with E-state index in [-0.39, 0.29) is 35.6 Å². The van der Waals surface area contributed by atoms with Crippen LogP contribution in [0.1, 0.15) is 84.4 Å². The highest BCUT2D eigenvalue weighted by Crippen LogP contribution is 2.30. The van der Waals surface area contributed by atoms with Crippen LogP contribution in [0.3, 0.4) is 0 Å². The average Bonchev–Trinajstić information content (AvgIpc) is 3.19. The van der Waals surface area contributed by atoms with Gasteiger partial charge in [-0.1, -0.05) is 98.6 Å². The van der Waals surface area contributed by atoms with Gasteiger partial charge in [0.2, 0.25) is 11.8 Å². The number of rotatable bonds is 17. The number of hydrogen-bond donors (Lipinski definition) is 5. The van der Waals surface area contributed by atoms with Crippen molar-refractivity contribution in [1.82, 2.24) is 16.0 Å². The lowest BCUT2D eigenvalue weighted by atomic mass is 9.99. The molecule has 2 atom stereocenters. The molecule has 14 heteroatoms. The number of unbranched alkanes of at least 4 members (excludes halogenated alkanes) is 2. The fourth-order valence-corrected chi connectivity index (χ4v) is 5.96. The van der Waals surface area contributed by atoms with Gasteiger partial charge in [0.25, 0.3) is 0 Å². The van der Waals surface area contributed by atoms with E-state index in [4.69, 9.17) is 4.74 Å². The minimum atomic E-state index is -1.81. The van der Waals surface area contributed by atoms with Crippen molar-refractivity contribution in [2.75, 3.05) is 11.4 Å². The van der Waals surface area contributed by atoms with E-state index in [0.29, 0.717) is 35.2 Å². The number of alkyl carbamates (subject to hydrolysis) is 1. The number of benzene rings is 4. The van der Waals surface area contributed by atoms with Crippen molar-refractivity contribution in [2.24, 2.45) is 0 Å². The summed E-state index contributed by atoms with van der Waals surface area (Å²) >= 11 is 0. The zero-order valence-corrected chi connectivity index (χ0v) is 32.8. The van der Waals surface area contributed by atoms with E-state index in [1.165, 1.54) is 48.5 Å². The van der Waals surface area contributed by atoms with E-state index in [1.54, 1.807) is 69.3 Å². The second-order valence-corrected chi connectivity index (χ2v) is 14.5. The number of carboxylic acids is 2. The Labute approximate surface area is 336 Å². The van der Waals surface area contributed by atoms with Gasteiger partial charge in [-0.25, -0.2) is 14.4 Å². The van der Waals surface area contributed by atoms with Gasteiger partial charge >= 0.3 is 23.9 Å². The molecule has 0 spiro atoms. The molecule has 4 aromatic carbocycles. The Hall–Kier alpha value is -6.83. The van der Waals surface area contributed by atoms with Gasteiger partial charge in [-0.05, 0) is 62.6 Å². The SMILES string of the molecule is CCCCCNC(=O)C(Cc1ccc(N(C(=O)C(=O)O)c2ccccc2C(=O)O)cc1)NC(=O)C(Cc1ccc(C(=O)c2ccccc2)cc1)NC(=O)OC(C)(C)C. The monoisotopic (exact) mass is 792 g/mol. The van der Waals surface area contributed by atoms with E-state index in [9.17, 15) is 43.8 Å². The Morgan fingerprint density at radius 1 is 0.672 bits per heavy atom. The molecule has 2 unspecified atom stereocenters. The molecular formula is C44H48N4O10. The van der Waals surface area contributed by atoms with Gasteiger partial charge in [0, 0.05) is 36.2 Å². The molecule has 304 valence electrons. The minimum Gasteiger partial charge on any atom is -0.478 e. The molecule has 0 aliphatic carbocycles. The van der Waals surface area contributed by atoms with Gasteiger partial charge in [-0.2, -0.15) is 0 Å². The van der Waals surface area contributed by atoms with Crippen molar-refractivity contribution in [1.29, 1.82) is 0 Å². The summed E-state index contributed by atoms with van der Waals surface area (Å²) in [7, 11) is 0. The van der Waals surface area contributed by atoms with Crippen LogP contribution in [0.4, 0.5) is 16.2 Å². The highest BCUT2D eigenvalue weighted by Gasteiger charge is 2.31. The fourth-order valence-electron chi connectivity index (χ4n) is 5.96. The molecule has 0 saturated carbocycles. The van der Waals surface area contributed by atoms with Crippen molar-refractivity contribution in [3.63, 3.8) is 0 Å². The first-order valence-electron chi connectivity index (χ1n) is 18.8. The molecule has 0 heterocycles. The Kier molecular flexibility index (Phi) is 15.4. The van der Waals surface area contributed by atoms with Gasteiger partial charge in [0.05, 0.1) is 11.3 Å². The number of amides is 4. The van der Waals surface area contributed by atoms with E-state index >= 15 is 0 Å². The lowest BCUT2D eigenvalue weighted by molar-refractivity contribution is -0.148. The van der Waals surface area contributed by atoms with E-state index in [1.807, 2.05) is 13.0 Å². The highest BCUT2D eigenvalue weighted by molar-refractivity contribution is 6.39. The molecule has 14 nitrogen and oxygen atoms in total. The number of nitrogens with one attached hydrogen (secondary N) is 3. The average molecular weight is 793 g/mol. The van der Waals surface area contributed by atoms with Crippen molar-refractivity contribution < 1.29 is 48.5 Å².